The van der Waals surface area contributed by atoms with Gasteiger partial charge in [0.15, 0.2) is 17.0 Å². The molecule has 2 aliphatic rings. The van der Waals surface area contributed by atoms with Crippen LogP contribution in [-0.4, -0.2) is 62.2 Å². The van der Waals surface area contributed by atoms with Crippen LogP contribution in [0.1, 0.15) is 77.7 Å². The molecule has 0 bridgehead atoms. The molecule has 0 unspecified atom stereocenters. The van der Waals surface area contributed by atoms with Gasteiger partial charge in [-0.2, -0.15) is 9.97 Å². The smallest absolute Gasteiger partial charge is 0.226 e. The quantitative estimate of drug-likeness (QED) is 0.401. The molecule has 1 aliphatic carbocycles. The van der Waals surface area contributed by atoms with E-state index >= 15 is 0 Å². The second-order valence-electron chi connectivity index (χ2n) is 9.17. The Balaban J connectivity index is 1.29. The molecule has 0 aromatic carbocycles. The number of unbranched alkanes of at least 4 members (excludes halogenated alkanes) is 1. The molecule has 0 atom stereocenters. The molecule has 31 heavy (non-hydrogen) atoms. The number of hydrogen-bond acceptors (Lipinski definition) is 6. The van der Waals surface area contributed by atoms with Crippen LogP contribution in [0.25, 0.3) is 11.2 Å². The summed E-state index contributed by atoms with van der Waals surface area (Å²) in [5.74, 6) is 1.58. The molecule has 4 rings (SSSR count). The molecular weight excluding hydrogens is 410 g/mol. The monoisotopic (exact) mass is 447 g/mol. The first-order chi connectivity index (χ1) is 15.2. The summed E-state index contributed by atoms with van der Waals surface area (Å²) < 4.78 is 2.20. The second-order valence-corrected chi connectivity index (χ2v) is 9.51. The van der Waals surface area contributed by atoms with Gasteiger partial charge in [0.2, 0.25) is 5.28 Å². The molecule has 1 saturated carbocycles. The SMILES string of the molecule is CCN(CC)CCCCC1CCN(Nc2nc(Cl)nc3c2ncn3C2CCCC2)CC1. The minimum atomic E-state index is 0.290. The highest BCUT2D eigenvalue weighted by atomic mass is 35.5. The molecule has 0 amide bonds. The van der Waals surface area contributed by atoms with Crippen molar-refractivity contribution in [1.82, 2.24) is 29.4 Å². The zero-order valence-electron chi connectivity index (χ0n) is 19.2. The highest BCUT2D eigenvalue weighted by Crippen LogP contribution is 2.33. The number of piperidine rings is 1. The summed E-state index contributed by atoms with van der Waals surface area (Å²) in [5, 5.41) is 2.57. The number of rotatable bonds is 10. The van der Waals surface area contributed by atoms with Gasteiger partial charge in [0, 0.05) is 19.1 Å². The number of anilines is 1. The molecule has 1 saturated heterocycles. The van der Waals surface area contributed by atoms with Crippen LogP contribution in [0, 0.1) is 5.92 Å². The Kier molecular flexibility index (Phi) is 8.02. The Morgan fingerprint density at radius 1 is 1.06 bits per heavy atom. The fourth-order valence-electron chi connectivity index (χ4n) is 5.21. The van der Waals surface area contributed by atoms with Gasteiger partial charge in [-0.05, 0) is 69.3 Å². The van der Waals surface area contributed by atoms with E-state index in [1.165, 1.54) is 77.4 Å². The lowest BCUT2D eigenvalue weighted by molar-refractivity contribution is 0.204. The topological polar surface area (TPSA) is 62.1 Å². The number of hydrazine groups is 1. The van der Waals surface area contributed by atoms with Gasteiger partial charge in [-0.25, -0.2) is 9.99 Å². The molecule has 172 valence electrons. The molecule has 0 radical (unpaired) electrons. The van der Waals surface area contributed by atoms with Gasteiger partial charge in [-0.3, -0.25) is 0 Å². The molecule has 0 spiro atoms. The molecule has 1 N–H and O–H groups in total. The summed E-state index contributed by atoms with van der Waals surface area (Å²) in [6, 6.07) is 0.487. The molecule has 3 heterocycles. The van der Waals surface area contributed by atoms with Crippen LogP contribution >= 0.6 is 11.6 Å². The highest BCUT2D eigenvalue weighted by Gasteiger charge is 2.24. The van der Waals surface area contributed by atoms with Crippen LogP contribution < -0.4 is 5.43 Å². The van der Waals surface area contributed by atoms with Crippen molar-refractivity contribution in [1.29, 1.82) is 0 Å². The third-order valence-corrected chi connectivity index (χ3v) is 7.39. The maximum atomic E-state index is 6.29. The Labute approximate surface area is 191 Å². The fraction of sp³-hybridized carbons (Fsp3) is 0.783. The molecular formula is C23H38ClN7. The van der Waals surface area contributed by atoms with Crippen LogP contribution in [0.3, 0.4) is 0 Å². The number of aromatic nitrogens is 4. The predicted octanol–water partition coefficient (Wildman–Crippen LogP) is 5.15. The predicted molar refractivity (Wildman–Crippen MR) is 127 cm³/mol. The maximum absolute atomic E-state index is 6.29. The lowest BCUT2D eigenvalue weighted by atomic mass is 9.92. The van der Waals surface area contributed by atoms with E-state index in [2.05, 4.69) is 48.7 Å². The third-order valence-electron chi connectivity index (χ3n) is 7.22. The van der Waals surface area contributed by atoms with E-state index in [1.54, 1.807) is 0 Å². The van der Waals surface area contributed by atoms with E-state index in [-0.39, 0.29) is 5.28 Å². The number of nitrogens with zero attached hydrogens (tertiary/aromatic N) is 6. The lowest BCUT2D eigenvalue weighted by Gasteiger charge is -2.32. The summed E-state index contributed by atoms with van der Waals surface area (Å²) in [6.45, 7) is 10.2. The maximum Gasteiger partial charge on any atom is 0.226 e. The molecule has 2 aromatic heterocycles. The van der Waals surface area contributed by atoms with Crippen LogP contribution in [0.2, 0.25) is 5.28 Å². The van der Waals surface area contributed by atoms with E-state index in [4.69, 9.17) is 11.6 Å². The normalized spacial score (nSPS) is 19.1. The summed E-state index contributed by atoms with van der Waals surface area (Å²) in [5.41, 5.74) is 5.19. The van der Waals surface area contributed by atoms with Crippen molar-refractivity contribution in [3.05, 3.63) is 11.6 Å². The second kappa shape index (κ2) is 10.9. The van der Waals surface area contributed by atoms with E-state index in [1.807, 2.05) is 6.33 Å². The average molecular weight is 448 g/mol. The first-order valence-corrected chi connectivity index (χ1v) is 12.7. The Morgan fingerprint density at radius 2 is 1.81 bits per heavy atom. The summed E-state index contributed by atoms with van der Waals surface area (Å²) in [6.07, 6.45) is 13.3. The first-order valence-electron chi connectivity index (χ1n) is 12.3. The first kappa shape index (κ1) is 22.7. The van der Waals surface area contributed by atoms with Crippen LogP contribution in [-0.2, 0) is 0 Å². The van der Waals surface area contributed by atoms with Crippen molar-refractivity contribution in [2.75, 3.05) is 38.1 Å². The minimum Gasteiger partial charge on any atom is -0.312 e. The van der Waals surface area contributed by atoms with E-state index in [0.717, 1.165) is 36.0 Å². The van der Waals surface area contributed by atoms with Crippen molar-refractivity contribution < 1.29 is 0 Å². The Hall–Kier alpha value is -1.44. The summed E-state index contributed by atoms with van der Waals surface area (Å²) in [4.78, 5) is 16.1. The van der Waals surface area contributed by atoms with Crippen molar-refractivity contribution in [3.8, 4) is 0 Å². The molecule has 2 fully saturated rings. The van der Waals surface area contributed by atoms with Crippen LogP contribution in [0.5, 0.6) is 0 Å². The number of fused-ring (bicyclic) bond motifs is 1. The summed E-state index contributed by atoms with van der Waals surface area (Å²) >= 11 is 6.29. The van der Waals surface area contributed by atoms with Gasteiger partial charge in [-0.1, -0.05) is 39.5 Å². The molecule has 7 nitrogen and oxygen atoms in total. The number of imidazole rings is 1. The molecule has 2 aromatic rings. The van der Waals surface area contributed by atoms with Crippen molar-refractivity contribution in [3.63, 3.8) is 0 Å². The number of hydrogen-bond donors (Lipinski definition) is 1. The van der Waals surface area contributed by atoms with E-state index in [9.17, 15) is 0 Å². The van der Waals surface area contributed by atoms with Crippen LogP contribution in [0.4, 0.5) is 5.82 Å². The minimum absolute atomic E-state index is 0.290. The number of halogens is 1. The van der Waals surface area contributed by atoms with Gasteiger partial charge >= 0.3 is 0 Å². The van der Waals surface area contributed by atoms with Crippen molar-refractivity contribution >= 4 is 28.6 Å². The van der Waals surface area contributed by atoms with Gasteiger partial charge in [0.05, 0.1) is 6.33 Å². The van der Waals surface area contributed by atoms with E-state index in [0.29, 0.717) is 6.04 Å². The average Bonchev–Trinajstić information content (AvgIpc) is 3.45. The Bertz CT molecular complexity index is 821. The van der Waals surface area contributed by atoms with Gasteiger partial charge < -0.3 is 14.9 Å². The standard InChI is InChI=1S/C23H38ClN7/c1-3-29(4-2)14-8-7-9-18-12-15-30(16-13-18)28-21-20-22(27-23(24)26-21)31(17-25-20)19-10-5-6-11-19/h17-19H,3-16H2,1-2H3,(H,26,27,28). The largest absolute Gasteiger partial charge is 0.312 e. The van der Waals surface area contributed by atoms with Gasteiger partial charge in [-0.15, -0.1) is 0 Å². The molecule has 8 heteroatoms. The Morgan fingerprint density at radius 3 is 2.52 bits per heavy atom. The zero-order valence-corrected chi connectivity index (χ0v) is 19.9. The van der Waals surface area contributed by atoms with Gasteiger partial charge in [0.25, 0.3) is 0 Å². The van der Waals surface area contributed by atoms with E-state index < -0.39 is 0 Å². The number of nitrogens with one attached hydrogen (secondary N) is 1. The molecule has 1 aliphatic heterocycles. The summed E-state index contributed by atoms with van der Waals surface area (Å²) in [7, 11) is 0. The van der Waals surface area contributed by atoms with Crippen molar-refractivity contribution in [2.45, 2.75) is 77.7 Å². The lowest BCUT2D eigenvalue weighted by Crippen LogP contribution is -2.38. The van der Waals surface area contributed by atoms with Crippen LogP contribution in [0.15, 0.2) is 6.33 Å². The fourth-order valence-corrected chi connectivity index (χ4v) is 5.37. The third kappa shape index (κ3) is 5.68. The van der Waals surface area contributed by atoms with Gasteiger partial charge in [0.1, 0.15) is 0 Å². The zero-order chi connectivity index (χ0) is 21.6. The van der Waals surface area contributed by atoms with Crippen molar-refractivity contribution in [2.24, 2.45) is 5.92 Å². The highest BCUT2D eigenvalue weighted by molar-refractivity contribution is 6.28.